The topological polar surface area (TPSA) is 88.0 Å². The molecule has 4 rings (SSSR count). The summed E-state index contributed by atoms with van der Waals surface area (Å²) in [5.74, 6) is -0.216. The van der Waals surface area contributed by atoms with E-state index in [0.717, 1.165) is 16.5 Å². The fraction of sp³-hybridized carbons (Fsp3) is 0. The van der Waals surface area contributed by atoms with E-state index < -0.39 is 4.92 Å². The molecule has 3 aromatic rings. The first-order valence-corrected chi connectivity index (χ1v) is 7.99. The summed E-state index contributed by atoms with van der Waals surface area (Å²) in [6.45, 7) is 0. The first kappa shape index (κ1) is 14.5. The maximum atomic E-state index is 12.3. The number of nitrogens with one attached hydrogen (secondary N) is 2. The van der Waals surface area contributed by atoms with Crippen LogP contribution in [0.4, 0.5) is 11.4 Å². The average Bonchev–Trinajstić information content (AvgIpc) is 2.98. The van der Waals surface area contributed by atoms with Crippen LogP contribution in [0.15, 0.2) is 58.5 Å². The van der Waals surface area contributed by atoms with Crippen LogP contribution in [0.2, 0.25) is 0 Å². The number of para-hydroxylation sites is 1. The standard InChI is InChI=1S/C17H11N3O3S/c21-17-16(7-10-9-18-13-4-2-1-3-12(10)13)24-15-8-11(20(22)23)5-6-14(15)19-17/h1-9,18H,(H,19,21)/b16-7+. The molecule has 24 heavy (non-hydrogen) atoms. The summed E-state index contributed by atoms with van der Waals surface area (Å²) in [6, 6.07) is 12.2. The molecule has 118 valence electrons. The number of hydrogen-bond donors (Lipinski definition) is 2. The zero-order valence-corrected chi connectivity index (χ0v) is 13.1. The SMILES string of the molecule is O=C1Nc2ccc([N+](=O)[O-])cc2S/C1=C/c1c[nH]c2ccccc12. The van der Waals surface area contributed by atoms with Gasteiger partial charge in [0.15, 0.2) is 0 Å². The highest BCUT2D eigenvalue weighted by atomic mass is 32.2. The number of aromatic nitrogens is 1. The number of carbonyl (C=O) groups excluding carboxylic acids is 1. The van der Waals surface area contributed by atoms with Gasteiger partial charge in [0, 0.05) is 39.7 Å². The number of amides is 1. The Morgan fingerprint density at radius 1 is 1.17 bits per heavy atom. The summed E-state index contributed by atoms with van der Waals surface area (Å²) < 4.78 is 0. The molecule has 0 atom stereocenters. The molecule has 1 aromatic heterocycles. The molecule has 7 heteroatoms. The molecule has 0 unspecified atom stereocenters. The van der Waals surface area contributed by atoms with Crippen LogP contribution in [0, 0.1) is 10.1 Å². The third kappa shape index (κ3) is 2.44. The van der Waals surface area contributed by atoms with Gasteiger partial charge in [-0.05, 0) is 18.2 Å². The zero-order valence-electron chi connectivity index (χ0n) is 12.3. The van der Waals surface area contributed by atoms with E-state index >= 15 is 0 Å². The molecule has 2 N–H and O–H groups in total. The van der Waals surface area contributed by atoms with Gasteiger partial charge in [-0.25, -0.2) is 0 Å². The van der Waals surface area contributed by atoms with Crippen LogP contribution in [0.5, 0.6) is 0 Å². The number of aromatic amines is 1. The van der Waals surface area contributed by atoms with Crippen LogP contribution in [-0.2, 0) is 4.79 Å². The van der Waals surface area contributed by atoms with Crippen molar-refractivity contribution in [2.45, 2.75) is 4.90 Å². The van der Waals surface area contributed by atoms with Crippen LogP contribution in [-0.4, -0.2) is 15.8 Å². The van der Waals surface area contributed by atoms with E-state index in [1.54, 1.807) is 12.1 Å². The number of nitrogens with zero attached hydrogens (tertiary/aromatic N) is 1. The molecule has 0 saturated heterocycles. The lowest BCUT2D eigenvalue weighted by atomic mass is 10.1. The lowest BCUT2D eigenvalue weighted by molar-refractivity contribution is -0.385. The molecule has 0 bridgehead atoms. The number of rotatable bonds is 2. The van der Waals surface area contributed by atoms with Crippen molar-refractivity contribution in [1.29, 1.82) is 0 Å². The number of non-ortho nitro benzene ring substituents is 1. The van der Waals surface area contributed by atoms with Gasteiger partial charge in [0.1, 0.15) is 0 Å². The summed E-state index contributed by atoms with van der Waals surface area (Å²) in [5.41, 5.74) is 2.48. The molecule has 1 amide bonds. The highest BCUT2D eigenvalue weighted by Crippen LogP contribution is 2.41. The number of anilines is 1. The molecule has 6 nitrogen and oxygen atoms in total. The van der Waals surface area contributed by atoms with Crippen molar-refractivity contribution < 1.29 is 9.72 Å². The van der Waals surface area contributed by atoms with Gasteiger partial charge in [-0.1, -0.05) is 30.0 Å². The van der Waals surface area contributed by atoms with E-state index in [1.807, 2.05) is 30.5 Å². The van der Waals surface area contributed by atoms with Gasteiger partial charge >= 0.3 is 0 Å². The predicted molar refractivity (Wildman–Crippen MR) is 93.9 cm³/mol. The first-order chi connectivity index (χ1) is 11.6. The van der Waals surface area contributed by atoms with Gasteiger partial charge in [0.25, 0.3) is 11.6 Å². The van der Waals surface area contributed by atoms with Crippen molar-refractivity contribution in [3.05, 3.63) is 69.2 Å². The summed E-state index contributed by atoms with van der Waals surface area (Å²) in [6.07, 6.45) is 3.63. The third-order valence-corrected chi connectivity index (χ3v) is 4.86. The minimum Gasteiger partial charge on any atom is -0.361 e. The van der Waals surface area contributed by atoms with Crippen LogP contribution in [0.1, 0.15) is 5.56 Å². The molecule has 2 heterocycles. The summed E-state index contributed by atoms with van der Waals surface area (Å²) in [5, 5.41) is 14.7. The summed E-state index contributed by atoms with van der Waals surface area (Å²) in [4.78, 5) is 27.1. The number of fused-ring (bicyclic) bond motifs is 2. The molecule has 0 saturated carbocycles. The number of hydrogen-bond acceptors (Lipinski definition) is 4. The van der Waals surface area contributed by atoms with Crippen LogP contribution >= 0.6 is 11.8 Å². The second-order valence-corrected chi connectivity index (χ2v) is 6.38. The Labute approximate surface area is 140 Å². The second kappa shape index (κ2) is 5.54. The molecule has 2 aromatic carbocycles. The van der Waals surface area contributed by atoms with E-state index in [4.69, 9.17) is 0 Å². The fourth-order valence-electron chi connectivity index (χ4n) is 2.61. The van der Waals surface area contributed by atoms with Crippen LogP contribution in [0.25, 0.3) is 17.0 Å². The Balaban J connectivity index is 1.75. The highest BCUT2D eigenvalue weighted by molar-refractivity contribution is 8.04. The molecule has 1 aliphatic rings. The van der Waals surface area contributed by atoms with Crippen molar-refractivity contribution in [2.24, 2.45) is 0 Å². The second-order valence-electron chi connectivity index (χ2n) is 5.29. The Bertz CT molecular complexity index is 1020. The number of benzene rings is 2. The molecule has 0 fully saturated rings. The van der Waals surface area contributed by atoms with E-state index in [2.05, 4.69) is 10.3 Å². The number of nitro benzene ring substituents is 1. The van der Waals surface area contributed by atoms with Crippen molar-refractivity contribution in [3.63, 3.8) is 0 Å². The molecule has 0 radical (unpaired) electrons. The van der Waals surface area contributed by atoms with Crippen molar-refractivity contribution in [3.8, 4) is 0 Å². The van der Waals surface area contributed by atoms with Gasteiger partial charge in [-0.3, -0.25) is 14.9 Å². The smallest absolute Gasteiger partial charge is 0.270 e. The quantitative estimate of drug-likeness (QED) is 0.417. The number of carbonyl (C=O) groups is 1. The molecule has 0 spiro atoms. The van der Waals surface area contributed by atoms with Crippen LogP contribution < -0.4 is 5.32 Å². The van der Waals surface area contributed by atoms with Gasteiger partial charge in [-0.15, -0.1) is 0 Å². The lowest BCUT2D eigenvalue weighted by Gasteiger charge is -2.18. The minimum atomic E-state index is -0.444. The monoisotopic (exact) mass is 337 g/mol. The minimum absolute atomic E-state index is 0.00356. The van der Waals surface area contributed by atoms with Gasteiger partial charge < -0.3 is 10.3 Å². The van der Waals surface area contributed by atoms with E-state index in [0.29, 0.717) is 15.5 Å². The largest absolute Gasteiger partial charge is 0.361 e. The summed E-state index contributed by atoms with van der Waals surface area (Å²) >= 11 is 1.23. The Morgan fingerprint density at radius 2 is 2.00 bits per heavy atom. The van der Waals surface area contributed by atoms with Crippen LogP contribution in [0.3, 0.4) is 0 Å². The van der Waals surface area contributed by atoms with Gasteiger partial charge in [0.05, 0.1) is 15.5 Å². The van der Waals surface area contributed by atoms with Gasteiger partial charge in [0.2, 0.25) is 0 Å². The summed E-state index contributed by atoms with van der Waals surface area (Å²) in [7, 11) is 0. The van der Waals surface area contributed by atoms with Crippen molar-refractivity contribution >= 4 is 46.0 Å². The average molecular weight is 337 g/mol. The van der Waals surface area contributed by atoms with E-state index in [9.17, 15) is 14.9 Å². The number of thioether (sulfide) groups is 1. The fourth-order valence-corrected chi connectivity index (χ4v) is 3.59. The molecule has 0 aliphatic carbocycles. The maximum Gasteiger partial charge on any atom is 0.270 e. The van der Waals surface area contributed by atoms with E-state index in [1.165, 1.54) is 23.9 Å². The Kier molecular flexibility index (Phi) is 3.35. The number of H-pyrrole nitrogens is 1. The third-order valence-electron chi connectivity index (χ3n) is 3.78. The van der Waals surface area contributed by atoms with Crippen molar-refractivity contribution in [2.75, 3.05) is 5.32 Å². The Morgan fingerprint density at radius 3 is 2.83 bits per heavy atom. The molecule has 1 aliphatic heterocycles. The highest BCUT2D eigenvalue weighted by Gasteiger charge is 2.23. The molecular weight excluding hydrogens is 326 g/mol. The molecular formula is C17H11N3O3S. The normalized spacial score (nSPS) is 15.3. The zero-order chi connectivity index (χ0) is 16.7. The predicted octanol–water partition coefficient (Wildman–Crippen LogP) is 4.16. The number of nitro groups is 1. The van der Waals surface area contributed by atoms with Gasteiger partial charge in [-0.2, -0.15) is 0 Å². The van der Waals surface area contributed by atoms with E-state index in [-0.39, 0.29) is 11.6 Å². The first-order valence-electron chi connectivity index (χ1n) is 7.17. The van der Waals surface area contributed by atoms with Crippen molar-refractivity contribution in [1.82, 2.24) is 4.98 Å². The lowest BCUT2D eigenvalue weighted by Crippen LogP contribution is -2.17. The maximum absolute atomic E-state index is 12.3. The Hall–Kier alpha value is -3.06.